The average molecular weight is 238 g/mol. The van der Waals surface area contributed by atoms with Gasteiger partial charge in [0.2, 0.25) is 5.16 Å². The zero-order valence-corrected chi connectivity index (χ0v) is 9.91. The summed E-state index contributed by atoms with van der Waals surface area (Å²) in [5, 5.41) is 4.83. The van der Waals surface area contributed by atoms with E-state index in [1.165, 1.54) is 29.6 Å². The molecule has 2 rings (SSSR count). The monoisotopic (exact) mass is 238 g/mol. The van der Waals surface area contributed by atoms with E-state index in [0.29, 0.717) is 22.2 Å². The van der Waals surface area contributed by atoms with E-state index in [2.05, 4.69) is 19.8 Å². The van der Waals surface area contributed by atoms with Gasteiger partial charge in [-0.15, -0.1) is 5.10 Å². The maximum atomic E-state index is 11.4. The maximum absolute atomic E-state index is 11.4. The van der Waals surface area contributed by atoms with Crippen molar-refractivity contribution >= 4 is 23.5 Å². The highest BCUT2D eigenvalue weighted by Crippen LogP contribution is 2.13. The smallest absolute Gasteiger partial charge is 0.341 e. The molecular formula is C9H10N4O2S. The minimum atomic E-state index is -0.423. The number of fused-ring (bicyclic) bond motifs is 1. The van der Waals surface area contributed by atoms with Gasteiger partial charge in [0.15, 0.2) is 0 Å². The lowest BCUT2D eigenvalue weighted by atomic mass is 10.2. The standard InChI is InChI=1S/C9H10N4O2S/c1-5-6(7(14)15-2)4-10-8-11-9(16-3)12-13(5)8/h4H,1-3H3. The lowest BCUT2D eigenvalue weighted by Gasteiger charge is -2.03. The molecule has 0 bridgehead atoms. The fraction of sp³-hybridized carbons (Fsp3) is 0.333. The van der Waals surface area contributed by atoms with Crippen LogP contribution in [-0.2, 0) is 4.74 Å². The summed E-state index contributed by atoms with van der Waals surface area (Å²) in [6.07, 6.45) is 3.33. The third-order valence-electron chi connectivity index (χ3n) is 2.18. The largest absolute Gasteiger partial charge is 0.465 e. The van der Waals surface area contributed by atoms with Crippen molar-refractivity contribution in [3.63, 3.8) is 0 Å². The van der Waals surface area contributed by atoms with Crippen LogP contribution in [-0.4, -0.2) is 38.9 Å². The molecular weight excluding hydrogens is 228 g/mol. The van der Waals surface area contributed by atoms with Crippen LogP contribution in [0.5, 0.6) is 0 Å². The molecule has 0 unspecified atom stereocenters. The Labute approximate surface area is 96.0 Å². The molecule has 84 valence electrons. The summed E-state index contributed by atoms with van der Waals surface area (Å²) in [5.41, 5.74) is 1.07. The Morgan fingerprint density at radius 2 is 2.31 bits per heavy atom. The molecule has 6 nitrogen and oxygen atoms in total. The highest BCUT2D eigenvalue weighted by molar-refractivity contribution is 7.98. The number of thioether (sulfide) groups is 1. The van der Waals surface area contributed by atoms with Gasteiger partial charge in [-0.3, -0.25) is 0 Å². The van der Waals surface area contributed by atoms with Crippen molar-refractivity contribution in [2.24, 2.45) is 0 Å². The molecule has 0 atom stereocenters. The van der Waals surface area contributed by atoms with Gasteiger partial charge in [-0.25, -0.2) is 9.78 Å². The van der Waals surface area contributed by atoms with Crippen molar-refractivity contribution in [1.82, 2.24) is 19.6 Å². The molecule has 0 aromatic carbocycles. The summed E-state index contributed by atoms with van der Waals surface area (Å²) in [7, 11) is 1.33. The fourth-order valence-corrected chi connectivity index (χ4v) is 1.66. The van der Waals surface area contributed by atoms with E-state index in [4.69, 9.17) is 0 Å². The number of rotatable bonds is 2. The second-order valence-electron chi connectivity index (χ2n) is 3.06. The zero-order chi connectivity index (χ0) is 11.7. The van der Waals surface area contributed by atoms with Gasteiger partial charge >= 0.3 is 5.97 Å². The molecule has 0 fully saturated rings. The van der Waals surface area contributed by atoms with Crippen LogP contribution < -0.4 is 0 Å². The Morgan fingerprint density at radius 3 is 2.94 bits per heavy atom. The Bertz CT molecular complexity index is 552. The summed E-state index contributed by atoms with van der Waals surface area (Å²) in [6, 6.07) is 0. The summed E-state index contributed by atoms with van der Waals surface area (Å²) in [5.74, 6) is 0.0580. The number of aromatic nitrogens is 4. The van der Waals surface area contributed by atoms with Gasteiger partial charge in [0.1, 0.15) is 0 Å². The number of hydrogen-bond donors (Lipinski definition) is 0. The summed E-state index contributed by atoms with van der Waals surface area (Å²) in [4.78, 5) is 19.7. The zero-order valence-electron chi connectivity index (χ0n) is 9.09. The SMILES string of the molecule is COC(=O)c1cnc2nc(SC)nn2c1C. The number of carbonyl (C=O) groups excluding carboxylic acids is 1. The first kappa shape index (κ1) is 10.9. The molecule has 0 aliphatic carbocycles. The predicted octanol–water partition coefficient (Wildman–Crippen LogP) is 0.941. The van der Waals surface area contributed by atoms with Crippen LogP contribution in [0, 0.1) is 6.92 Å². The topological polar surface area (TPSA) is 69.4 Å². The van der Waals surface area contributed by atoms with Crippen LogP contribution in [0.25, 0.3) is 5.78 Å². The number of esters is 1. The fourth-order valence-electron chi connectivity index (χ4n) is 1.32. The van der Waals surface area contributed by atoms with Crippen LogP contribution >= 0.6 is 11.8 Å². The van der Waals surface area contributed by atoms with Crippen LogP contribution in [0.1, 0.15) is 16.1 Å². The molecule has 0 saturated heterocycles. The van der Waals surface area contributed by atoms with Gasteiger partial charge in [-0.2, -0.15) is 9.50 Å². The van der Waals surface area contributed by atoms with E-state index < -0.39 is 5.97 Å². The number of aryl methyl sites for hydroxylation is 1. The lowest BCUT2D eigenvalue weighted by Crippen LogP contribution is -2.09. The van der Waals surface area contributed by atoms with Gasteiger partial charge in [0.05, 0.1) is 18.4 Å². The number of ether oxygens (including phenoxy) is 1. The van der Waals surface area contributed by atoms with Crippen molar-refractivity contribution in [2.45, 2.75) is 12.1 Å². The van der Waals surface area contributed by atoms with E-state index in [1.807, 2.05) is 6.26 Å². The molecule has 2 aromatic rings. The molecule has 7 heteroatoms. The van der Waals surface area contributed by atoms with Gasteiger partial charge in [0, 0.05) is 6.20 Å². The van der Waals surface area contributed by atoms with E-state index in [0.717, 1.165) is 0 Å². The minimum Gasteiger partial charge on any atom is -0.465 e. The van der Waals surface area contributed by atoms with Gasteiger partial charge in [-0.05, 0) is 13.2 Å². The van der Waals surface area contributed by atoms with E-state index in [-0.39, 0.29) is 0 Å². The molecule has 0 N–H and O–H groups in total. The molecule has 0 radical (unpaired) electrons. The van der Waals surface area contributed by atoms with Crippen molar-refractivity contribution in [3.05, 3.63) is 17.5 Å². The van der Waals surface area contributed by atoms with E-state index in [1.54, 1.807) is 6.92 Å². The van der Waals surface area contributed by atoms with Gasteiger partial charge in [-0.1, -0.05) is 11.8 Å². The second-order valence-corrected chi connectivity index (χ2v) is 3.83. The second kappa shape index (κ2) is 4.09. The molecule has 0 saturated carbocycles. The van der Waals surface area contributed by atoms with Crippen molar-refractivity contribution < 1.29 is 9.53 Å². The number of hydrogen-bond acceptors (Lipinski definition) is 6. The van der Waals surface area contributed by atoms with Gasteiger partial charge < -0.3 is 4.74 Å². The summed E-state index contributed by atoms with van der Waals surface area (Å²) in [6.45, 7) is 1.78. The molecule has 2 heterocycles. The lowest BCUT2D eigenvalue weighted by molar-refractivity contribution is 0.0598. The first-order chi connectivity index (χ1) is 7.67. The predicted molar refractivity (Wildman–Crippen MR) is 58.6 cm³/mol. The molecule has 0 amide bonds. The number of methoxy groups -OCH3 is 1. The average Bonchev–Trinajstić information content (AvgIpc) is 2.72. The van der Waals surface area contributed by atoms with Crippen LogP contribution in [0.3, 0.4) is 0 Å². The van der Waals surface area contributed by atoms with Gasteiger partial charge in [0.25, 0.3) is 5.78 Å². The molecule has 16 heavy (non-hydrogen) atoms. The van der Waals surface area contributed by atoms with E-state index >= 15 is 0 Å². The Kier molecular flexibility index (Phi) is 2.78. The van der Waals surface area contributed by atoms with Crippen molar-refractivity contribution in [1.29, 1.82) is 0 Å². The highest BCUT2D eigenvalue weighted by atomic mass is 32.2. The Morgan fingerprint density at radius 1 is 1.56 bits per heavy atom. The van der Waals surface area contributed by atoms with Crippen molar-refractivity contribution in [2.75, 3.05) is 13.4 Å². The first-order valence-corrected chi connectivity index (χ1v) is 5.74. The van der Waals surface area contributed by atoms with Crippen LogP contribution in [0.15, 0.2) is 11.4 Å². The van der Waals surface area contributed by atoms with Crippen LogP contribution in [0.4, 0.5) is 0 Å². The quantitative estimate of drug-likeness (QED) is 0.573. The third kappa shape index (κ3) is 1.63. The molecule has 0 aliphatic heterocycles. The summed E-state index contributed by atoms with van der Waals surface area (Å²) < 4.78 is 6.19. The van der Waals surface area contributed by atoms with E-state index in [9.17, 15) is 4.79 Å². The number of nitrogens with zero attached hydrogens (tertiary/aromatic N) is 4. The summed E-state index contributed by atoms with van der Waals surface area (Å²) >= 11 is 1.42. The normalized spacial score (nSPS) is 10.7. The first-order valence-electron chi connectivity index (χ1n) is 4.52. The third-order valence-corrected chi connectivity index (χ3v) is 2.71. The molecule has 0 aliphatic rings. The number of carbonyl (C=O) groups is 1. The molecule has 0 spiro atoms. The Balaban J connectivity index is 2.64. The Hall–Kier alpha value is -1.63. The van der Waals surface area contributed by atoms with Crippen molar-refractivity contribution in [3.8, 4) is 0 Å². The highest BCUT2D eigenvalue weighted by Gasteiger charge is 2.15. The minimum absolute atomic E-state index is 0.396. The molecule has 2 aromatic heterocycles. The maximum Gasteiger partial charge on any atom is 0.341 e. The van der Waals surface area contributed by atoms with Crippen LogP contribution in [0.2, 0.25) is 0 Å².